The molecule has 1 unspecified atom stereocenters. The Hall–Kier alpha value is -1.16. The highest BCUT2D eigenvalue weighted by Crippen LogP contribution is 2.48. The van der Waals surface area contributed by atoms with E-state index in [4.69, 9.17) is 0 Å². The summed E-state index contributed by atoms with van der Waals surface area (Å²) in [6.45, 7) is 4.21. The van der Waals surface area contributed by atoms with Crippen LogP contribution in [0.3, 0.4) is 0 Å². The van der Waals surface area contributed by atoms with Gasteiger partial charge in [-0.1, -0.05) is 53.6 Å². The molecule has 0 bridgehead atoms. The van der Waals surface area contributed by atoms with Crippen LogP contribution in [-0.2, 0) is 18.4 Å². The van der Waals surface area contributed by atoms with Crippen molar-refractivity contribution in [3.8, 4) is 0 Å². The standard InChI is InChI=1S/C21H24OS2/c1-14-5-8-16(9-6-14)13-21(22)18-10-7-15(2)11-17(18)12-19(21)20(23-3)24-4/h5-11,22H,12-13H2,1-4H3. The highest BCUT2D eigenvalue weighted by molar-refractivity contribution is 8.21. The first-order valence-electron chi connectivity index (χ1n) is 8.17. The van der Waals surface area contributed by atoms with Crippen molar-refractivity contribution >= 4 is 23.5 Å². The summed E-state index contributed by atoms with van der Waals surface area (Å²) in [6.07, 6.45) is 5.67. The lowest BCUT2D eigenvalue weighted by atomic mass is 9.86. The van der Waals surface area contributed by atoms with Crippen LogP contribution in [0.2, 0.25) is 0 Å². The van der Waals surface area contributed by atoms with Gasteiger partial charge in [0.2, 0.25) is 0 Å². The van der Waals surface area contributed by atoms with Gasteiger partial charge in [-0.3, -0.25) is 0 Å². The molecular weight excluding hydrogens is 332 g/mol. The van der Waals surface area contributed by atoms with Crippen LogP contribution in [0.1, 0.15) is 27.8 Å². The molecule has 2 aromatic carbocycles. The molecule has 0 spiro atoms. The molecule has 1 aliphatic rings. The smallest absolute Gasteiger partial charge is 0.117 e. The molecule has 3 rings (SSSR count). The Morgan fingerprint density at radius 3 is 2.25 bits per heavy atom. The van der Waals surface area contributed by atoms with Gasteiger partial charge in [0.15, 0.2) is 0 Å². The fourth-order valence-electron chi connectivity index (χ4n) is 3.55. The van der Waals surface area contributed by atoms with Crippen LogP contribution in [0.25, 0.3) is 0 Å². The van der Waals surface area contributed by atoms with Crippen LogP contribution in [0.5, 0.6) is 0 Å². The Bertz CT molecular complexity index is 771. The summed E-state index contributed by atoms with van der Waals surface area (Å²) >= 11 is 3.48. The van der Waals surface area contributed by atoms with Gasteiger partial charge in [0.05, 0.1) is 0 Å². The molecule has 1 aliphatic carbocycles. The molecule has 2 aromatic rings. The molecule has 1 N–H and O–H groups in total. The van der Waals surface area contributed by atoms with Crippen LogP contribution in [0.4, 0.5) is 0 Å². The van der Waals surface area contributed by atoms with Gasteiger partial charge in [0.25, 0.3) is 0 Å². The maximum atomic E-state index is 11.8. The lowest BCUT2D eigenvalue weighted by molar-refractivity contribution is 0.0820. The van der Waals surface area contributed by atoms with E-state index in [1.54, 1.807) is 23.5 Å². The van der Waals surface area contributed by atoms with E-state index in [9.17, 15) is 5.11 Å². The van der Waals surface area contributed by atoms with Gasteiger partial charge in [-0.25, -0.2) is 0 Å². The third-order valence-corrected chi connectivity index (χ3v) is 7.00. The summed E-state index contributed by atoms with van der Waals surface area (Å²) in [4.78, 5) is 0. The zero-order chi connectivity index (χ0) is 17.3. The van der Waals surface area contributed by atoms with E-state index in [2.05, 4.69) is 68.8 Å². The van der Waals surface area contributed by atoms with Crippen LogP contribution in [0, 0.1) is 13.8 Å². The second kappa shape index (κ2) is 6.99. The predicted molar refractivity (Wildman–Crippen MR) is 108 cm³/mol. The lowest BCUT2D eigenvalue weighted by Crippen LogP contribution is -2.28. The molecule has 0 fully saturated rings. The van der Waals surface area contributed by atoms with Crippen LogP contribution in [0.15, 0.2) is 52.3 Å². The molecular formula is C21H24OS2. The number of aliphatic hydroxyl groups is 1. The quantitative estimate of drug-likeness (QED) is 0.810. The summed E-state index contributed by atoms with van der Waals surface area (Å²) in [5.41, 5.74) is 6.27. The summed E-state index contributed by atoms with van der Waals surface area (Å²) < 4.78 is 1.23. The van der Waals surface area contributed by atoms with E-state index in [-0.39, 0.29) is 0 Å². The molecule has 3 heteroatoms. The number of rotatable bonds is 4. The minimum absolute atomic E-state index is 0.628. The minimum Gasteiger partial charge on any atom is -0.380 e. The Morgan fingerprint density at radius 2 is 1.62 bits per heavy atom. The fourth-order valence-corrected chi connectivity index (χ4v) is 5.19. The first-order chi connectivity index (χ1) is 11.5. The van der Waals surface area contributed by atoms with Crippen molar-refractivity contribution in [2.75, 3.05) is 12.5 Å². The number of benzene rings is 2. The molecule has 0 saturated carbocycles. The number of hydrogen-bond donors (Lipinski definition) is 1. The Balaban J connectivity index is 2.12. The van der Waals surface area contributed by atoms with Crippen LogP contribution >= 0.6 is 23.5 Å². The van der Waals surface area contributed by atoms with Crippen molar-refractivity contribution in [1.29, 1.82) is 0 Å². The number of fused-ring (bicyclic) bond motifs is 1. The molecule has 0 radical (unpaired) electrons. The van der Waals surface area contributed by atoms with Gasteiger partial charge < -0.3 is 5.11 Å². The monoisotopic (exact) mass is 356 g/mol. The van der Waals surface area contributed by atoms with Crippen molar-refractivity contribution in [3.63, 3.8) is 0 Å². The summed E-state index contributed by atoms with van der Waals surface area (Å²) in [5.74, 6) is 0. The topological polar surface area (TPSA) is 20.2 Å². The second-order valence-electron chi connectivity index (χ2n) is 6.53. The molecule has 0 aliphatic heterocycles. The summed E-state index contributed by atoms with van der Waals surface area (Å²) in [6, 6.07) is 15.0. The molecule has 1 atom stereocenters. The number of thioether (sulfide) groups is 2. The van der Waals surface area contributed by atoms with Crippen LogP contribution < -0.4 is 0 Å². The van der Waals surface area contributed by atoms with E-state index in [0.29, 0.717) is 6.42 Å². The zero-order valence-corrected chi connectivity index (χ0v) is 16.4. The average molecular weight is 357 g/mol. The van der Waals surface area contributed by atoms with Gasteiger partial charge in [0.1, 0.15) is 5.60 Å². The Labute approximate surface area is 153 Å². The molecule has 126 valence electrons. The van der Waals surface area contributed by atoms with Gasteiger partial charge >= 0.3 is 0 Å². The lowest BCUT2D eigenvalue weighted by Gasteiger charge is -2.28. The molecule has 0 heterocycles. The van der Waals surface area contributed by atoms with Crippen molar-refractivity contribution in [1.82, 2.24) is 0 Å². The first-order valence-corrected chi connectivity index (χ1v) is 10.6. The first kappa shape index (κ1) is 17.7. The molecule has 0 aromatic heterocycles. The minimum atomic E-state index is -0.903. The van der Waals surface area contributed by atoms with Crippen LogP contribution in [-0.4, -0.2) is 17.6 Å². The molecule has 1 nitrogen and oxygen atoms in total. The summed E-state index contributed by atoms with van der Waals surface area (Å²) in [7, 11) is 0. The third kappa shape index (κ3) is 3.17. The Morgan fingerprint density at radius 1 is 1.00 bits per heavy atom. The van der Waals surface area contributed by atoms with E-state index >= 15 is 0 Å². The number of aryl methyl sites for hydroxylation is 2. The number of hydrogen-bond acceptors (Lipinski definition) is 3. The maximum absolute atomic E-state index is 11.8. The molecule has 24 heavy (non-hydrogen) atoms. The average Bonchev–Trinajstić information content (AvgIpc) is 2.83. The van der Waals surface area contributed by atoms with E-state index in [1.165, 1.54) is 26.5 Å². The SMILES string of the molecule is CSC(SC)=C1Cc2cc(C)ccc2C1(O)Cc1ccc(C)cc1. The van der Waals surface area contributed by atoms with Crippen molar-refractivity contribution in [2.45, 2.75) is 32.3 Å². The fraction of sp³-hybridized carbons (Fsp3) is 0.333. The predicted octanol–water partition coefficient (Wildman–Crippen LogP) is 5.23. The van der Waals surface area contributed by atoms with Crippen molar-refractivity contribution < 1.29 is 5.11 Å². The molecule has 0 amide bonds. The second-order valence-corrected chi connectivity index (χ2v) is 8.43. The maximum Gasteiger partial charge on any atom is 0.117 e. The zero-order valence-electron chi connectivity index (χ0n) is 14.7. The molecule has 0 saturated heterocycles. The summed E-state index contributed by atoms with van der Waals surface area (Å²) in [5, 5.41) is 11.8. The van der Waals surface area contributed by atoms with Crippen molar-refractivity contribution in [3.05, 3.63) is 80.1 Å². The van der Waals surface area contributed by atoms with E-state index in [1.807, 2.05) is 0 Å². The van der Waals surface area contributed by atoms with E-state index in [0.717, 1.165) is 17.6 Å². The Kier molecular flexibility index (Phi) is 5.14. The van der Waals surface area contributed by atoms with Gasteiger partial charge in [0, 0.05) is 10.7 Å². The third-order valence-electron chi connectivity index (χ3n) is 4.77. The normalized spacial score (nSPS) is 19.5. The highest BCUT2D eigenvalue weighted by atomic mass is 32.2. The largest absolute Gasteiger partial charge is 0.380 e. The van der Waals surface area contributed by atoms with Gasteiger partial charge in [-0.05, 0) is 55.0 Å². The van der Waals surface area contributed by atoms with Gasteiger partial charge in [-0.2, -0.15) is 0 Å². The van der Waals surface area contributed by atoms with Gasteiger partial charge in [-0.15, -0.1) is 23.5 Å². The highest BCUT2D eigenvalue weighted by Gasteiger charge is 2.42. The van der Waals surface area contributed by atoms with E-state index < -0.39 is 5.60 Å². The van der Waals surface area contributed by atoms with Crippen molar-refractivity contribution in [2.24, 2.45) is 0 Å².